The molecule has 1 aliphatic rings. The Morgan fingerprint density at radius 2 is 1.92 bits per heavy atom. The van der Waals surface area contributed by atoms with E-state index >= 15 is 0 Å². The number of nitrogens with one attached hydrogen (secondary N) is 1. The molecule has 1 unspecified atom stereocenters. The molecular weight excluding hydrogens is 347 g/mol. The lowest BCUT2D eigenvalue weighted by Crippen LogP contribution is -2.26. The highest BCUT2D eigenvalue weighted by atomic mass is 19.4. The summed E-state index contributed by atoms with van der Waals surface area (Å²) in [6.45, 7) is 0.994. The Kier molecular flexibility index (Phi) is 5.20. The number of anilines is 1. The van der Waals surface area contributed by atoms with E-state index in [4.69, 9.17) is 10.5 Å². The molecule has 1 atom stereocenters. The molecule has 0 bridgehead atoms. The summed E-state index contributed by atoms with van der Waals surface area (Å²) in [5.41, 5.74) is 6.99. The Labute approximate surface area is 148 Å². The SMILES string of the molecule is NC(=NCC1CCOc2ccccc21)Nc1ccccc1OC(F)(F)F. The molecule has 0 amide bonds. The van der Waals surface area contributed by atoms with Gasteiger partial charge in [-0.3, -0.25) is 4.99 Å². The molecule has 1 heterocycles. The summed E-state index contributed by atoms with van der Waals surface area (Å²) in [6.07, 6.45) is -3.99. The molecule has 1 aliphatic heterocycles. The van der Waals surface area contributed by atoms with E-state index in [-0.39, 0.29) is 23.3 Å². The quantitative estimate of drug-likeness (QED) is 0.637. The predicted octanol–water partition coefficient (Wildman–Crippen LogP) is 3.88. The van der Waals surface area contributed by atoms with Gasteiger partial charge in [-0.25, -0.2) is 0 Å². The van der Waals surface area contributed by atoms with Crippen molar-refractivity contribution in [2.45, 2.75) is 18.7 Å². The largest absolute Gasteiger partial charge is 0.573 e. The zero-order valence-corrected chi connectivity index (χ0v) is 13.8. The molecule has 26 heavy (non-hydrogen) atoms. The zero-order chi connectivity index (χ0) is 18.6. The van der Waals surface area contributed by atoms with Crippen molar-refractivity contribution < 1.29 is 22.6 Å². The second-order valence-electron chi connectivity index (χ2n) is 5.77. The molecule has 3 N–H and O–H groups in total. The molecule has 138 valence electrons. The average Bonchev–Trinajstić information content (AvgIpc) is 2.60. The lowest BCUT2D eigenvalue weighted by atomic mass is 9.93. The molecule has 5 nitrogen and oxygen atoms in total. The Morgan fingerprint density at radius 1 is 1.19 bits per heavy atom. The molecule has 8 heteroatoms. The summed E-state index contributed by atoms with van der Waals surface area (Å²) >= 11 is 0. The number of rotatable bonds is 4. The first-order valence-corrected chi connectivity index (χ1v) is 8.06. The van der Waals surface area contributed by atoms with Crippen LogP contribution in [-0.2, 0) is 0 Å². The van der Waals surface area contributed by atoms with Gasteiger partial charge in [0, 0.05) is 12.5 Å². The van der Waals surface area contributed by atoms with E-state index in [2.05, 4.69) is 15.0 Å². The third kappa shape index (κ3) is 4.59. The number of ether oxygens (including phenoxy) is 2. The van der Waals surface area contributed by atoms with E-state index < -0.39 is 6.36 Å². The summed E-state index contributed by atoms with van der Waals surface area (Å²) in [6, 6.07) is 13.4. The second kappa shape index (κ2) is 7.55. The van der Waals surface area contributed by atoms with Gasteiger partial charge in [-0.2, -0.15) is 0 Å². The van der Waals surface area contributed by atoms with Crippen molar-refractivity contribution in [2.75, 3.05) is 18.5 Å². The van der Waals surface area contributed by atoms with Gasteiger partial charge in [0.1, 0.15) is 5.75 Å². The van der Waals surface area contributed by atoms with Crippen LogP contribution in [0.2, 0.25) is 0 Å². The van der Waals surface area contributed by atoms with Gasteiger partial charge in [-0.15, -0.1) is 13.2 Å². The maximum atomic E-state index is 12.5. The van der Waals surface area contributed by atoms with Gasteiger partial charge in [0.2, 0.25) is 0 Å². The van der Waals surface area contributed by atoms with Crippen LogP contribution in [0.3, 0.4) is 0 Å². The van der Waals surface area contributed by atoms with Crippen LogP contribution >= 0.6 is 0 Å². The molecule has 0 fully saturated rings. The Bertz CT molecular complexity index is 793. The van der Waals surface area contributed by atoms with Crippen LogP contribution in [0.1, 0.15) is 17.9 Å². The number of fused-ring (bicyclic) bond motifs is 1. The van der Waals surface area contributed by atoms with E-state index in [1.807, 2.05) is 24.3 Å². The summed E-state index contributed by atoms with van der Waals surface area (Å²) in [7, 11) is 0. The van der Waals surface area contributed by atoms with E-state index in [9.17, 15) is 13.2 Å². The number of hydrogen-bond acceptors (Lipinski definition) is 3. The molecule has 0 saturated carbocycles. The van der Waals surface area contributed by atoms with Crippen LogP contribution in [0.15, 0.2) is 53.5 Å². The average molecular weight is 365 g/mol. The number of alkyl halides is 3. The fraction of sp³-hybridized carbons (Fsp3) is 0.278. The minimum Gasteiger partial charge on any atom is -0.493 e. The number of hydrogen-bond donors (Lipinski definition) is 2. The van der Waals surface area contributed by atoms with Crippen LogP contribution in [-0.4, -0.2) is 25.5 Å². The number of nitrogens with zero attached hydrogens (tertiary/aromatic N) is 1. The van der Waals surface area contributed by atoms with E-state index in [0.29, 0.717) is 13.2 Å². The standard InChI is InChI=1S/C18H18F3N3O2/c19-18(20,21)26-16-8-4-2-6-14(16)24-17(22)23-11-12-9-10-25-15-7-3-1-5-13(12)15/h1-8,12H,9-11H2,(H3,22,23,24). The van der Waals surface area contributed by atoms with Crippen molar-refractivity contribution in [3.63, 3.8) is 0 Å². The van der Waals surface area contributed by atoms with Gasteiger partial charge in [0.15, 0.2) is 11.7 Å². The number of para-hydroxylation sites is 3. The third-order valence-electron chi connectivity index (χ3n) is 3.94. The van der Waals surface area contributed by atoms with Crippen LogP contribution in [0.25, 0.3) is 0 Å². The van der Waals surface area contributed by atoms with Crippen molar-refractivity contribution in [3.05, 3.63) is 54.1 Å². The smallest absolute Gasteiger partial charge is 0.493 e. The fourth-order valence-electron chi connectivity index (χ4n) is 2.78. The maximum absolute atomic E-state index is 12.5. The summed E-state index contributed by atoms with van der Waals surface area (Å²) in [4.78, 5) is 4.27. The number of halogens is 3. The highest BCUT2D eigenvalue weighted by molar-refractivity contribution is 5.93. The van der Waals surface area contributed by atoms with E-state index in [1.54, 1.807) is 6.07 Å². The fourth-order valence-corrected chi connectivity index (χ4v) is 2.78. The molecule has 0 aliphatic carbocycles. The molecule has 0 spiro atoms. The minimum atomic E-state index is -4.78. The van der Waals surface area contributed by atoms with Gasteiger partial charge in [-0.05, 0) is 30.2 Å². The molecule has 3 rings (SSSR count). The van der Waals surface area contributed by atoms with Gasteiger partial charge in [0.25, 0.3) is 0 Å². The van der Waals surface area contributed by atoms with Crippen molar-refractivity contribution in [1.29, 1.82) is 0 Å². The monoisotopic (exact) mass is 365 g/mol. The van der Waals surface area contributed by atoms with Crippen molar-refractivity contribution in [1.82, 2.24) is 0 Å². The van der Waals surface area contributed by atoms with Gasteiger partial charge in [0.05, 0.1) is 12.3 Å². The first-order chi connectivity index (χ1) is 12.4. The predicted molar refractivity (Wildman–Crippen MR) is 92.5 cm³/mol. The maximum Gasteiger partial charge on any atom is 0.573 e. The van der Waals surface area contributed by atoms with Gasteiger partial charge < -0.3 is 20.5 Å². The molecule has 2 aromatic rings. The summed E-state index contributed by atoms with van der Waals surface area (Å²) < 4.78 is 47.0. The van der Waals surface area contributed by atoms with Crippen LogP contribution < -0.4 is 20.5 Å². The first kappa shape index (κ1) is 17.9. The van der Waals surface area contributed by atoms with Crippen LogP contribution in [0.4, 0.5) is 18.9 Å². The minimum absolute atomic E-state index is 0.0206. The highest BCUT2D eigenvalue weighted by Crippen LogP contribution is 2.33. The van der Waals surface area contributed by atoms with Crippen LogP contribution in [0, 0.1) is 0 Å². The number of benzene rings is 2. The normalized spacial score (nSPS) is 17.2. The second-order valence-corrected chi connectivity index (χ2v) is 5.77. The number of nitrogens with two attached hydrogens (primary N) is 1. The summed E-state index contributed by atoms with van der Waals surface area (Å²) in [5.74, 6) is 0.623. The van der Waals surface area contributed by atoms with Gasteiger partial charge in [-0.1, -0.05) is 30.3 Å². The van der Waals surface area contributed by atoms with Crippen molar-refractivity contribution in [3.8, 4) is 11.5 Å². The topological polar surface area (TPSA) is 68.9 Å². The third-order valence-corrected chi connectivity index (χ3v) is 3.94. The Balaban J connectivity index is 1.69. The van der Waals surface area contributed by atoms with Crippen molar-refractivity contribution in [2.24, 2.45) is 10.7 Å². The molecular formula is C18H18F3N3O2. The van der Waals surface area contributed by atoms with E-state index in [0.717, 1.165) is 17.7 Å². The highest BCUT2D eigenvalue weighted by Gasteiger charge is 2.32. The van der Waals surface area contributed by atoms with Gasteiger partial charge >= 0.3 is 6.36 Å². The summed E-state index contributed by atoms with van der Waals surface area (Å²) in [5, 5.41) is 2.67. The lowest BCUT2D eigenvalue weighted by Gasteiger charge is -2.24. The Hall–Kier alpha value is -2.90. The van der Waals surface area contributed by atoms with Crippen LogP contribution in [0.5, 0.6) is 11.5 Å². The number of aliphatic imine (C=N–C) groups is 1. The molecule has 0 saturated heterocycles. The molecule has 2 aromatic carbocycles. The zero-order valence-electron chi connectivity index (χ0n) is 13.8. The lowest BCUT2D eigenvalue weighted by molar-refractivity contribution is -0.274. The van der Waals surface area contributed by atoms with Crippen molar-refractivity contribution >= 4 is 11.6 Å². The first-order valence-electron chi connectivity index (χ1n) is 8.06. The molecule has 0 radical (unpaired) electrons. The molecule has 0 aromatic heterocycles. The Morgan fingerprint density at radius 3 is 2.73 bits per heavy atom. The van der Waals surface area contributed by atoms with E-state index in [1.165, 1.54) is 18.2 Å². The number of guanidine groups is 1.